The monoisotopic (exact) mass is 211 g/mol. The minimum Gasteiger partial charge on any atom is -0.473 e. The van der Waals surface area contributed by atoms with Crippen molar-refractivity contribution in [3.63, 3.8) is 0 Å². The molecule has 1 aromatic heterocycles. The van der Waals surface area contributed by atoms with Crippen LogP contribution < -0.4 is 15.2 Å². The number of hydrogen-bond donors (Lipinski definition) is 1. The summed E-state index contributed by atoms with van der Waals surface area (Å²) < 4.78 is 10.8. The van der Waals surface area contributed by atoms with Gasteiger partial charge < -0.3 is 15.2 Å². The molecule has 0 aliphatic rings. The summed E-state index contributed by atoms with van der Waals surface area (Å²) in [4.78, 5) is 7.90. The second-order valence-electron chi connectivity index (χ2n) is 3.73. The van der Waals surface area contributed by atoms with Crippen molar-refractivity contribution in [3.8, 4) is 11.8 Å². The number of nitrogens with two attached hydrogens (primary N) is 1. The summed E-state index contributed by atoms with van der Waals surface area (Å²) in [5.41, 5.74) is 6.15. The summed E-state index contributed by atoms with van der Waals surface area (Å²) in [5, 5.41) is 0. The quantitative estimate of drug-likeness (QED) is 0.819. The van der Waals surface area contributed by atoms with Crippen molar-refractivity contribution in [2.45, 2.75) is 39.9 Å². The van der Waals surface area contributed by atoms with Crippen molar-refractivity contribution in [1.29, 1.82) is 0 Å². The molecule has 0 aliphatic carbocycles. The number of nitrogens with zero attached hydrogens (tertiary/aromatic N) is 2. The Labute approximate surface area is 89.6 Å². The molecule has 0 amide bonds. The van der Waals surface area contributed by atoms with Gasteiger partial charge in [-0.1, -0.05) is 0 Å². The second-order valence-corrected chi connectivity index (χ2v) is 3.73. The van der Waals surface area contributed by atoms with Crippen molar-refractivity contribution < 1.29 is 9.47 Å². The normalized spacial score (nSPS) is 10.8. The summed E-state index contributed by atoms with van der Waals surface area (Å²) in [6.45, 7) is 7.63. The maximum atomic E-state index is 5.80. The van der Waals surface area contributed by atoms with Crippen molar-refractivity contribution in [2.24, 2.45) is 0 Å². The van der Waals surface area contributed by atoms with E-state index < -0.39 is 0 Å². The molecule has 84 valence electrons. The summed E-state index contributed by atoms with van der Waals surface area (Å²) in [7, 11) is 0. The first-order valence-electron chi connectivity index (χ1n) is 4.94. The van der Waals surface area contributed by atoms with Crippen LogP contribution in [0.4, 0.5) is 5.69 Å². The van der Waals surface area contributed by atoms with Crippen LogP contribution in [0.5, 0.6) is 11.8 Å². The van der Waals surface area contributed by atoms with E-state index >= 15 is 0 Å². The van der Waals surface area contributed by atoms with Crippen LogP contribution in [0.15, 0.2) is 6.33 Å². The van der Waals surface area contributed by atoms with Gasteiger partial charge in [-0.3, -0.25) is 0 Å². The molecule has 15 heavy (non-hydrogen) atoms. The summed E-state index contributed by atoms with van der Waals surface area (Å²) in [5.74, 6) is 0.742. The predicted molar refractivity (Wildman–Crippen MR) is 58.0 cm³/mol. The van der Waals surface area contributed by atoms with Gasteiger partial charge in [0.1, 0.15) is 6.33 Å². The number of ether oxygens (including phenoxy) is 2. The molecule has 5 nitrogen and oxygen atoms in total. The van der Waals surface area contributed by atoms with Gasteiger partial charge in [-0.25, -0.2) is 0 Å². The van der Waals surface area contributed by atoms with Gasteiger partial charge >= 0.3 is 0 Å². The summed E-state index contributed by atoms with van der Waals surface area (Å²) >= 11 is 0. The number of aromatic nitrogens is 2. The molecule has 0 aliphatic heterocycles. The Morgan fingerprint density at radius 2 is 1.40 bits per heavy atom. The molecule has 0 bridgehead atoms. The molecule has 0 radical (unpaired) electrons. The van der Waals surface area contributed by atoms with E-state index in [1.165, 1.54) is 6.33 Å². The van der Waals surface area contributed by atoms with Crippen LogP contribution in [0.3, 0.4) is 0 Å². The first kappa shape index (κ1) is 11.6. The van der Waals surface area contributed by atoms with Crippen LogP contribution in [-0.2, 0) is 0 Å². The molecule has 0 aromatic carbocycles. The third-order valence-corrected chi connectivity index (χ3v) is 1.51. The third kappa shape index (κ3) is 3.27. The van der Waals surface area contributed by atoms with Crippen LogP contribution in [0.2, 0.25) is 0 Å². The average molecular weight is 211 g/mol. The highest BCUT2D eigenvalue weighted by Crippen LogP contribution is 2.27. The van der Waals surface area contributed by atoms with E-state index in [1.54, 1.807) is 0 Å². The van der Waals surface area contributed by atoms with Crippen molar-refractivity contribution in [1.82, 2.24) is 9.97 Å². The van der Waals surface area contributed by atoms with Crippen LogP contribution >= 0.6 is 0 Å². The van der Waals surface area contributed by atoms with Crippen LogP contribution in [0.25, 0.3) is 0 Å². The molecular weight excluding hydrogens is 194 g/mol. The SMILES string of the molecule is CC(C)Oc1ncnc(OC(C)C)c1N. The molecule has 0 fully saturated rings. The van der Waals surface area contributed by atoms with Gasteiger partial charge in [0.2, 0.25) is 11.8 Å². The highest BCUT2D eigenvalue weighted by atomic mass is 16.5. The van der Waals surface area contributed by atoms with Gasteiger partial charge in [0.05, 0.1) is 12.2 Å². The van der Waals surface area contributed by atoms with Crippen LogP contribution in [0.1, 0.15) is 27.7 Å². The fraction of sp³-hybridized carbons (Fsp3) is 0.600. The molecule has 0 spiro atoms. The zero-order valence-electron chi connectivity index (χ0n) is 9.52. The first-order valence-corrected chi connectivity index (χ1v) is 4.94. The Morgan fingerprint density at radius 1 is 1.00 bits per heavy atom. The van der Waals surface area contributed by atoms with Gasteiger partial charge in [-0.2, -0.15) is 9.97 Å². The Balaban J connectivity index is 2.90. The van der Waals surface area contributed by atoms with Crippen molar-refractivity contribution >= 4 is 5.69 Å². The van der Waals surface area contributed by atoms with Crippen LogP contribution in [-0.4, -0.2) is 22.2 Å². The van der Waals surface area contributed by atoms with E-state index in [0.29, 0.717) is 17.4 Å². The minimum atomic E-state index is 0.0223. The fourth-order valence-electron chi connectivity index (χ4n) is 0.999. The zero-order chi connectivity index (χ0) is 11.4. The number of hydrogen-bond acceptors (Lipinski definition) is 5. The highest BCUT2D eigenvalue weighted by molar-refractivity contribution is 5.55. The molecule has 0 saturated carbocycles. The lowest BCUT2D eigenvalue weighted by Crippen LogP contribution is -2.13. The van der Waals surface area contributed by atoms with E-state index in [0.717, 1.165) is 0 Å². The van der Waals surface area contributed by atoms with E-state index in [4.69, 9.17) is 15.2 Å². The maximum Gasteiger partial charge on any atom is 0.244 e. The smallest absolute Gasteiger partial charge is 0.244 e. The average Bonchev–Trinajstić information content (AvgIpc) is 2.10. The van der Waals surface area contributed by atoms with Crippen molar-refractivity contribution in [2.75, 3.05) is 5.73 Å². The standard InChI is InChI=1S/C10H17N3O2/c1-6(2)14-9-8(11)10(13-5-12-9)15-7(3)4/h5-7H,11H2,1-4H3. The third-order valence-electron chi connectivity index (χ3n) is 1.51. The van der Waals surface area contributed by atoms with Gasteiger partial charge in [0, 0.05) is 0 Å². The highest BCUT2D eigenvalue weighted by Gasteiger charge is 2.12. The number of anilines is 1. The Morgan fingerprint density at radius 3 is 1.73 bits per heavy atom. The Hall–Kier alpha value is -1.52. The van der Waals surface area contributed by atoms with E-state index in [9.17, 15) is 0 Å². The van der Waals surface area contributed by atoms with E-state index in [2.05, 4.69) is 9.97 Å². The Bertz CT molecular complexity index is 298. The predicted octanol–water partition coefficient (Wildman–Crippen LogP) is 1.63. The molecule has 1 aromatic rings. The molecule has 1 heterocycles. The minimum absolute atomic E-state index is 0.0223. The second kappa shape index (κ2) is 4.82. The first-order chi connectivity index (χ1) is 7.00. The molecule has 5 heteroatoms. The molecular formula is C10H17N3O2. The van der Waals surface area contributed by atoms with Gasteiger partial charge in [-0.15, -0.1) is 0 Å². The molecule has 2 N–H and O–H groups in total. The van der Waals surface area contributed by atoms with E-state index in [1.807, 2.05) is 27.7 Å². The summed E-state index contributed by atoms with van der Waals surface area (Å²) in [6, 6.07) is 0. The van der Waals surface area contributed by atoms with Crippen LogP contribution in [0, 0.1) is 0 Å². The van der Waals surface area contributed by atoms with Gasteiger partial charge in [0.15, 0.2) is 5.69 Å². The number of nitrogen functional groups attached to an aromatic ring is 1. The lowest BCUT2D eigenvalue weighted by molar-refractivity contribution is 0.219. The lowest BCUT2D eigenvalue weighted by atomic mass is 10.4. The fourth-order valence-corrected chi connectivity index (χ4v) is 0.999. The Kier molecular flexibility index (Phi) is 3.71. The molecule has 0 saturated heterocycles. The zero-order valence-corrected chi connectivity index (χ0v) is 9.52. The molecule has 0 atom stereocenters. The van der Waals surface area contributed by atoms with Gasteiger partial charge in [-0.05, 0) is 27.7 Å². The van der Waals surface area contributed by atoms with Crippen molar-refractivity contribution in [3.05, 3.63) is 6.33 Å². The van der Waals surface area contributed by atoms with Gasteiger partial charge in [0.25, 0.3) is 0 Å². The maximum absolute atomic E-state index is 5.80. The largest absolute Gasteiger partial charge is 0.473 e. The summed E-state index contributed by atoms with van der Waals surface area (Å²) in [6.07, 6.45) is 1.43. The number of rotatable bonds is 4. The molecule has 1 rings (SSSR count). The lowest BCUT2D eigenvalue weighted by Gasteiger charge is -2.14. The molecule has 0 unspecified atom stereocenters. The van der Waals surface area contributed by atoms with E-state index in [-0.39, 0.29) is 12.2 Å². The topological polar surface area (TPSA) is 70.3 Å².